The minimum absolute atomic E-state index is 0.00859. The van der Waals surface area contributed by atoms with Crippen LogP contribution in [0.2, 0.25) is 0 Å². The first-order valence-electron chi connectivity index (χ1n) is 10.9. The highest BCUT2D eigenvalue weighted by atomic mass is 16.6. The molecule has 2 aromatic heterocycles. The molecule has 2 heterocycles. The lowest BCUT2D eigenvalue weighted by molar-refractivity contribution is -0.384. The Labute approximate surface area is 198 Å². The second-order valence-electron chi connectivity index (χ2n) is 7.93. The highest BCUT2D eigenvalue weighted by molar-refractivity contribution is 6.07. The summed E-state index contributed by atoms with van der Waals surface area (Å²) in [5, 5.41) is 27.7. The lowest BCUT2D eigenvalue weighted by Crippen LogP contribution is -1.95. The van der Waals surface area contributed by atoms with Crippen LogP contribution in [0.1, 0.15) is 0 Å². The van der Waals surface area contributed by atoms with E-state index in [0.29, 0.717) is 28.5 Å². The molecule has 0 saturated heterocycles. The Morgan fingerprint density at radius 2 is 1.60 bits per heavy atom. The molecule has 6 rings (SSSR count). The molecule has 0 atom stereocenters. The van der Waals surface area contributed by atoms with Gasteiger partial charge in [-0.15, -0.1) is 5.11 Å². The first-order valence-corrected chi connectivity index (χ1v) is 10.9. The van der Waals surface area contributed by atoms with Crippen LogP contribution >= 0.6 is 0 Å². The molecular formula is C27H17N5O3. The number of hydrogen-bond acceptors (Lipinski definition) is 6. The van der Waals surface area contributed by atoms with Gasteiger partial charge in [-0.2, -0.15) is 10.2 Å². The van der Waals surface area contributed by atoms with Gasteiger partial charge in [0.2, 0.25) is 0 Å². The van der Waals surface area contributed by atoms with Gasteiger partial charge < -0.3 is 4.42 Å². The van der Waals surface area contributed by atoms with Gasteiger partial charge in [0.1, 0.15) is 11.3 Å². The SMILES string of the molecule is O=[N+]([O-])c1ccc(-n2cc(N=Nc3ccccc3)c(-c3cc4c(ccc5ccccc54)o3)n2)cc1. The van der Waals surface area contributed by atoms with Crippen molar-refractivity contribution < 1.29 is 9.34 Å². The molecule has 0 amide bonds. The number of fused-ring (bicyclic) bond motifs is 3. The molecule has 8 nitrogen and oxygen atoms in total. The standard InChI is InChI=1S/C27H17N5O3/c33-32(34)21-13-11-20(12-14-21)31-17-24(29-28-19-7-2-1-3-8-19)27(30-31)26-16-23-22-9-5-4-6-18(22)10-15-25(23)35-26/h1-17H. The highest BCUT2D eigenvalue weighted by Gasteiger charge is 2.18. The molecular weight excluding hydrogens is 442 g/mol. The second kappa shape index (κ2) is 8.35. The molecule has 0 aliphatic heterocycles. The summed E-state index contributed by atoms with van der Waals surface area (Å²) in [6.45, 7) is 0. The number of azo groups is 1. The molecule has 0 radical (unpaired) electrons. The van der Waals surface area contributed by atoms with E-state index in [4.69, 9.17) is 9.52 Å². The van der Waals surface area contributed by atoms with Crippen LogP contribution in [-0.2, 0) is 0 Å². The predicted molar refractivity (Wildman–Crippen MR) is 134 cm³/mol. The van der Waals surface area contributed by atoms with Crippen molar-refractivity contribution in [2.45, 2.75) is 0 Å². The van der Waals surface area contributed by atoms with Crippen LogP contribution in [0.25, 0.3) is 38.9 Å². The van der Waals surface area contributed by atoms with E-state index in [1.54, 1.807) is 23.0 Å². The van der Waals surface area contributed by atoms with Crippen molar-refractivity contribution in [2.75, 3.05) is 0 Å². The Morgan fingerprint density at radius 3 is 2.40 bits per heavy atom. The summed E-state index contributed by atoms with van der Waals surface area (Å²) in [5.74, 6) is 0.555. The van der Waals surface area contributed by atoms with E-state index >= 15 is 0 Å². The van der Waals surface area contributed by atoms with Gasteiger partial charge in [0.05, 0.1) is 22.5 Å². The number of furan rings is 1. The fourth-order valence-corrected chi connectivity index (χ4v) is 3.99. The molecule has 35 heavy (non-hydrogen) atoms. The Bertz CT molecular complexity index is 1720. The number of nitrogens with zero attached hydrogens (tertiary/aromatic N) is 5. The van der Waals surface area contributed by atoms with Gasteiger partial charge in [0, 0.05) is 17.5 Å². The van der Waals surface area contributed by atoms with Crippen LogP contribution in [0, 0.1) is 10.1 Å². The van der Waals surface area contributed by atoms with Gasteiger partial charge in [-0.25, -0.2) is 4.68 Å². The average molecular weight is 459 g/mol. The van der Waals surface area contributed by atoms with Crippen LogP contribution in [-0.4, -0.2) is 14.7 Å². The van der Waals surface area contributed by atoms with Crippen LogP contribution in [0.4, 0.5) is 17.1 Å². The molecule has 0 aliphatic carbocycles. The summed E-state index contributed by atoms with van der Waals surface area (Å²) in [5.41, 5.74) is 3.14. The van der Waals surface area contributed by atoms with E-state index in [0.717, 1.165) is 21.7 Å². The second-order valence-corrected chi connectivity index (χ2v) is 7.93. The smallest absolute Gasteiger partial charge is 0.269 e. The summed E-state index contributed by atoms with van der Waals surface area (Å²) < 4.78 is 7.80. The van der Waals surface area contributed by atoms with Crippen molar-refractivity contribution in [3.8, 4) is 17.1 Å². The van der Waals surface area contributed by atoms with E-state index in [9.17, 15) is 10.1 Å². The topological polar surface area (TPSA) is 98.8 Å². The van der Waals surface area contributed by atoms with Crippen molar-refractivity contribution >= 4 is 38.8 Å². The van der Waals surface area contributed by atoms with E-state index in [-0.39, 0.29) is 5.69 Å². The van der Waals surface area contributed by atoms with Crippen LogP contribution in [0.5, 0.6) is 0 Å². The normalized spacial score (nSPS) is 11.5. The highest BCUT2D eigenvalue weighted by Crippen LogP contribution is 2.37. The number of benzene rings is 4. The maximum atomic E-state index is 11.0. The Morgan fingerprint density at radius 1 is 0.829 bits per heavy atom. The summed E-state index contributed by atoms with van der Waals surface area (Å²) >= 11 is 0. The Balaban J connectivity index is 1.49. The fraction of sp³-hybridized carbons (Fsp3) is 0. The molecule has 168 valence electrons. The molecule has 0 spiro atoms. The lowest BCUT2D eigenvalue weighted by Gasteiger charge is -1.99. The van der Waals surface area contributed by atoms with E-state index in [1.165, 1.54) is 12.1 Å². The fourth-order valence-electron chi connectivity index (χ4n) is 3.99. The van der Waals surface area contributed by atoms with E-state index < -0.39 is 4.92 Å². The van der Waals surface area contributed by atoms with E-state index in [2.05, 4.69) is 22.4 Å². The summed E-state index contributed by atoms with van der Waals surface area (Å²) in [6, 6.07) is 29.6. The number of non-ortho nitro benzene ring substituents is 1. The van der Waals surface area contributed by atoms with Crippen molar-refractivity contribution in [1.29, 1.82) is 0 Å². The van der Waals surface area contributed by atoms with Gasteiger partial charge >= 0.3 is 0 Å². The minimum Gasteiger partial charge on any atom is -0.454 e. The molecule has 0 N–H and O–H groups in total. The first kappa shape index (κ1) is 20.5. The summed E-state index contributed by atoms with van der Waals surface area (Å²) in [7, 11) is 0. The zero-order valence-electron chi connectivity index (χ0n) is 18.3. The van der Waals surface area contributed by atoms with Crippen molar-refractivity contribution in [2.24, 2.45) is 10.2 Å². The Hall–Kier alpha value is -5.11. The summed E-state index contributed by atoms with van der Waals surface area (Å²) in [4.78, 5) is 10.6. The zero-order valence-corrected chi connectivity index (χ0v) is 18.3. The molecule has 0 bridgehead atoms. The van der Waals surface area contributed by atoms with Crippen LogP contribution in [0.3, 0.4) is 0 Å². The average Bonchev–Trinajstić information content (AvgIpc) is 3.53. The number of aromatic nitrogens is 2. The van der Waals surface area contributed by atoms with Crippen molar-refractivity contribution in [3.63, 3.8) is 0 Å². The monoisotopic (exact) mass is 459 g/mol. The van der Waals surface area contributed by atoms with Gasteiger partial charge in [0.15, 0.2) is 11.5 Å². The maximum Gasteiger partial charge on any atom is 0.269 e. The number of rotatable bonds is 5. The minimum atomic E-state index is -0.434. The van der Waals surface area contributed by atoms with Gasteiger partial charge in [0.25, 0.3) is 5.69 Å². The van der Waals surface area contributed by atoms with Gasteiger partial charge in [-0.3, -0.25) is 10.1 Å². The Kier molecular flexibility index (Phi) is 4.89. The molecule has 0 unspecified atom stereocenters. The summed E-state index contributed by atoms with van der Waals surface area (Å²) in [6.07, 6.45) is 1.73. The third-order valence-corrected chi connectivity index (χ3v) is 5.71. The van der Waals surface area contributed by atoms with Crippen molar-refractivity contribution in [3.05, 3.63) is 113 Å². The van der Waals surface area contributed by atoms with E-state index in [1.807, 2.05) is 60.7 Å². The third kappa shape index (κ3) is 3.83. The molecule has 0 fully saturated rings. The third-order valence-electron chi connectivity index (χ3n) is 5.71. The first-order chi connectivity index (χ1) is 17.2. The van der Waals surface area contributed by atoms with Crippen LogP contribution in [0.15, 0.2) is 118 Å². The maximum absolute atomic E-state index is 11.0. The number of nitro benzene ring substituents is 1. The van der Waals surface area contributed by atoms with Crippen LogP contribution < -0.4 is 0 Å². The number of nitro groups is 1. The lowest BCUT2D eigenvalue weighted by atomic mass is 10.1. The zero-order chi connectivity index (χ0) is 23.8. The molecule has 8 heteroatoms. The largest absolute Gasteiger partial charge is 0.454 e. The molecule has 4 aromatic carbocycles. The van der Waals surface area contributed by atoms with Gasteiger partial charge in [-0.05, 0) is 47.2 Å². The molecule has 6 aromatic rings. The van der Waals surface area contributed by atoms with Crippen molar-refractivity contribution in [1.82, 2.24) is 9.78 Å². The van der Waals surface area contributed by atoms with Gasteiger partial charge in [-0.1, -0.05) is 48.5 Å². The quantitative estimate of drug-likeness (QED) is 0.149. The number of hydrogen-bond donors (Lipinski definition) is 0. The molecule has 0 aliphatic rings. The molecule has 0 saturated carbocycles. The predicted octanol–water partition coefficient (Wildman–Crippen LogP) is 7.76.